The van der Waals surface area contributed by atoms with E-state index in [1.54, 1.807) is 24.5 Å². The Morgan fingerprint density at radius 1 is 1.15 bits per heavy atom. The maximum atomic E-state index is 12.3. The van der Waals surface area contributed by atoms with Crippen molar-refractivity contribution in [3.63, 3.8) is 0 Å². The Bertz CT molecular complexity index is 868. The molecular weight excluding hydrogens is 328 g/mol. The van der Waals surface area contributed by atoms with E-state index in [0.29, 0.717) is 23.9 Å². The van der Waals surface area contributed by atoms with Crippen LogP contribution in [0.15, 0.2) is 53.3 Å². The second-order valence-corrected chi connectivity index (χ2v) is 6.56. The molecule has 6 heteroatoms. The fourth-order valence-electron chi connectivity index (χ4n) is 3.25. The molecule has 0 aliphatic heterocycles. The summed E-state index contributed by atoms with van der Waals surface area (Å²) in [4.78, 5) is 20.8. The Labute approximate surface area is 151 Å². The Morgan fingerprint density at radius 3 is 2.69 bits per heavy atom. The van der Waals surface area contributed by atoms with E-state index in [9.17, 15) is 4.79 Å². The first-order chi connectivity index (χ1) is 12.8. The number of hydrogen-bond donors (Lipinski definition) is 1. The molecule has 2 heterocycles. The van der Waals surface area contributed by atoms with Crippen LogP contribution < -0.4 is 5.32 Å². The standard InChI is InChI=1S/C20H20N4O2/c25-19(22-13-14-4-3-11-21-12-14)16-9-7-15(8-10-16)18-23-20(26-24-18)17-5-1-2-6-17/h3-4,7-12,17H,1-2,5-6,13H2,(H,22,25). The molecule has 4 rings (SSSR count). The highest BCUT2D eigenvalue weighted by molar-refractivity contribution is 5.94. The molecule has 1 amide bonds. The fourth-order valence-corrected chi connectivity index (χ4v) is 3.25. The molecule has 2 aromatic heterocycles. The molecule has 6 nitrogen and oxygen atoms in total. The van der Waals surface area contributed by atoms with Crippen molar-refractivity contribution < 1.29 is 9.32 Å². The van der Waals surface area contributed by atoms with Gasteiger partial charge in [-0.2, -0.15) is 4.98 Å². The van der Waals surface area contributed by atoms with Crippen LogP contribution in [0.3, 0.4) is 0 Å². The van der Waals surface area contributed by atoms with E-state index in [-0.39, 0.29) is 5.91 Å². The molecule has 0 saturated heterocycles. The first kappa shape index (κ1) is 16.4. The number of aromatic nitrogens is 3. The number of carbonyl (C=O) groups excluding carboxylic acids is 1. The van der Waals surface area contributed by atoms with Gasteiger partial charge < -0.3 is 9.84 Å². The van der Waals surface area contributed by atoms with Gasteiger partial charge in [0.05, 0.1) is 0 Å². The zero-order valence-corrected chi connectivity index (χ0v) is 14.4. The Balaban J connectivity index is 1.40. The van der Waals surface area contributed by atoms with Gasteiger partial charge in [-0.15, -0.1) is 0 Å². The van der Waals surface area contributed by atoms with Crippen LogP contribution in [0.2, 0.25) is 0 Å². The molecule has 1 N–H and O–H groups in total. The predicted molar refractivity (Wildman–Crippen MR) is 96.4 cm³/mol. The molecule has 0 unspecified atom stereocenters. The molecule has 1 aromatic carbocycles. The Morgan fingerprint density at radius 2 is 1.96 bits per heavy atom. The van der Waals surface area contributed by atoms with Gasteiger partial charge in [-0.25, -0.2) is 0 Å². The molecule has 3 aromatic rings. The second-order valence-electron chi connectivity index (χ2n) is 6.56. The number of hydrogen-bond acceptors (Lipinski definition) is 5. The van der Waals surface area contributed by atoms with E-state index in [0.717, 1.165) is 29.9 Å². The van der Waals surface area contributed by atoms with Gasteiger partial charge in [0.25, 0.3) is 5.91 Å². The van der Waals surface area contributed by atoms with Crippen LogP contribution >= 0.6 is 0 Å². The summed E-state index contributed by atoms with van der Waals surface area (Å²) in [6.45, 7) is 0.448. The largest absolute Gasteiger partial charge is 0.348 e. The molecule has 132 valence electrons. The van der Waals surface area contributed by atoms with Crippen molar-refractivity contribution in [3.05, 3.63) is 65.8 Å². The third kappa shape index (κ3) is 3.64. The third-order valence-corrected chi connectivity index (χ3v) is 4.73. The van der Waals surface area contributed by atoms with Gasteiger partial charge in [-0.1, -0.05) is 36.2 Å². The van der Waals surface area contributed by atoms with E-state index < -0.39 is 0 Å². The topological polar surface area (TPSA) is 80.9 Å². The van der Waals surface area contributed by atoms with Crippen molar-refractivity contribution in [2.75, 3.05) is 0 Å². The van der Waals surface area contributed by atoms with Crippen molar-refractivity contribution in [1.82, 2.24) is 20.4 Å². The summed E-state index contributed by atoms with van der Waals surface area (Å²) in [6.07, 6.45) is 8.15. The zero-order valence-electron chi connectivity index (χ0n) is 14.4. The molecule has 1 fully saturated rings. The zero-order chi connectivity index (χ0) is 17.8. The maximum Gasteiger partial charge on any atom is 0.251 e. The molecule has 1 aliphatic carbocycles. The van der Waals surface area contributed by atoms with Crippen LogP contribution in [0.5, 0.6) is 0 Å². The molecule has 0 spiro atoms. The lowest BCUT2D eigenvalue weighted by Gasteiger charge is -2.05. The van der Waals surface area contributed by atoms with Crippen molar-refractivity contribution in [2.45, 2.75) is 38.1 Å². The minimum Gasteiger partial charge on any atom is -0.348 e. The van der Waals surface area contributed by atoms with E-state index in [1.807, 2.05) is 24.3 Å². The number of carbonyl (C=O) groups is 1. The summed E-state index contributed by atoms with van der Waals surface area (Å²) in [5.41, 5.74) is 2.41. The molecular formula is C20H20N4O2. The molecule has 26 heavy (non-hydrogen) atoms. The van der Waals surface area contributed by atoms with E-state index >= 15 is 0 Å². The van der Waals surface area contributed by atoms with E-state index in [4.69, 9.17) is 4.52 Å². The van der Waals surface area contributed by atoms with Crippen LogP contribution in [-0.2, 0) is 6.54 Å². The van der Waals surface area contributed by atoms with Gasteiger partial charge in [0.15, 0.2) is 0 Å². The minimum absolute atomic E-state index is 0.125. The smallest absolute Gasteiger partial charge is 0.251 e. The first-order valence-electron chi connectivity index (χ1n) is 8.91. The molecule has 1 aliphatic rings. The lowest BCUT2D eigenvalue weighted by Crippen LogP contribution is -2.22. The van der Waals surface area contributed by atoms with Crippen molar-refractivity contribution in [1.29, 1.82) is 0 Å². The van der Waals surface area contributed by atoms with Crippen LogP contribution in [0.1, 0.15) is 53.4 Å². The van der Waals surface area contributed by atoms with Crippen molar-refractivity contribution in [3.8, 4) is 11.4 Å². The quantitative estimate of drug-likeness (QED) is 0.760. The number of nitrogens with zero attached hydrogens (tertiary/aromatic N) is 3. The van der Waals surface area contributed by atoms with E-state index in [2.05, 4.69) is 20.4 Å². The van der Waals surface area contributed by atoms with E-state index in [1.165, 1.54) is 12.8 Å². The number of rotatable bonds is 5. The van der Waals surface area contributed by atoms with Gasteiger partial charge in [-0.05, 0) is 36.6 Å². The SMILES string of the molecule is O=C(NCc1cccnc1)c1ccc(-c2noc(C3CCCC3)n2)cc1. The Hall–Kier alpha value is -3.02. The molecule has 0 atom stereocenters. The van der Waals surface area contributed by atoms with Crippen LogP contribution in [-0.4, -0.2) is 21.0 Å². The summed E-state index contributed by atoms with van der Waals surface area (Å²) < 4.78 is 5.42. The predicted octanol–water partition coefficient (Wildman–Crippen LogP) is 3.72. The van der Waals surface area contributed by atoms with Crippen LogP contribution in [0.4, 0.5) is 0 Å². The Kier molecular flexibility index (Phi) is 4.73. The minimum atomic E-state index is -0.125. The van der Waals surface area contributed by atoms with Gasteiger partial charge in [-0.3, -0.25) is 9.78 Å². The second kappa shape index (κ2) is 7.47. The summed E-state index contributed by atoms with van der Waals surface area (Å²) in [7, 11) is 0. The summed E-state index contributed by atoms with van der Waals surface area (Å²) in [5.74, 6) is 1.58. The van der Waals surface area contributed by atoms with Gasteiger partial charge in [0.2, 0.25) is 11.7 Å². The van der Waals surface area contributed by atoms with Crippen LogP contribution in [0, 0.1) is 0 Å². The average Bonchev–Trinajstić information content (AvgIpc) is 3.38. The highest BCUT2D eigenvalue weighted by Gasteiger charge is 2.23. The highest BCUT2D eigenvalue weighted by Crippen LogP contribution is 2.33. The average molecular weight is 348 g/mol. The fraction of sp³-hybridized carbons (Fsp3) is 0.300. The first-order valence-corrected chi connectivity index (χ1v) is 8.91. The number of pyridine rings is 1. The van der Waals surface area contributed by atoms with Gasteiger partial charge in [0, 0.05) is 36.0 Å². The summed E-state index contributed by atoms with van der Waals surface area (Å²) >= 11 is 0. The summed E-state index contributed by atoms with van der Waals surface area (Å²) in [6, 6.07) is 11.0. The van der Waals surface area contributed by atoms with Crippen molar-refractivity contribution >= 4 is 5.91 Å². The van der Waals surface area contributed by atoms with Gasteiger partial charge in [0.1, 0.15) is 0 Å². The molecule has 0 bridgehead atoms. The molecule has 0 radical (unpaired) electrons. The third-order valence-electron chi connectivity index (χ3n) is 4.73. The maximum absolute atomic E-state index is 12.3. The lowest BCUT2D eigenvalue weighted by atomic mass is 10.1. The summed E-state index contributed by atoms with van der Waals surface area (Å²) in [5, 5.41) is 6.97. The number of amides is 1. The molecule has 1 saturated carbocycles. The number of benzene rings is 1. The lowest BCUT2D eigenvalue weighted by molar-refractivity contribution is 0.0951. The van der Waals surface area contributed by atoms with Gasteiger partial charge >= 0.3 is 0 Å². The monoisotopic (exact) mass is 348 g/mol. The van der Waals surface area contributed by atoms with Crippen LogP contribution in [0.25, 0.3) is 11.4 Å². The normalized spacial score (nSPS) is 14.5. The van der Waals surface area contributed by atoms with Crippen molar-refractivity contribution in [2.24, 2.45) is 0 Å². The number of nitrogens with one attached hydrogen (secondary N) is 1. The highest BCUT2D eigenvalue weighted by atomic mass is 16.5.